The highest BCUT2D eigenvalue weighted by Gasteiger charge is 2.16. The number of nitrogens with one attached hydrogen (secondary N) is 1. The van der Waals surface area contributed by atoms with Crippen LogP contribution in [0.2, 0.25) is 0 Å². The average molecular weight is 337 g/mol. The van der Waals surface area contributed by atoms with E-state index < -0.39 is 0 Å². The number of anilines is 1. The minimum absolute atomic E-state index is 0.146. The highest BCUT2D eigenvalue weighted by molar-refractivity contribution is 7.16. The topological polar surface area (TPSA) is 64.1 Å². The summed E-state index contributed by atoms with van der Waals surface area (Å²) in [5.41, 5.74) is 6.28. The van der Waals surface area contributed by atoms with Gasteiger partial charge >= 0.3 is 0 Å². The Kier molecular flexibility index (Phi) is 4.06. The predicted octanol–water partition coefficient (Wildman–Crippen LogP) is 3.75. The molecule has 1 aliphatic rings. The maximum atomic E-state index is 12.6. The van der Waals surface area contributed by atoms with Crippen molar-refractivity contribution in [2.45, 2.75) is 6.42 Å². The monoisotopic (exact) mass is 337 g/mol. The third-order valence-corrected chi connectivity index (χ3v) is 4.70. The fourth-order valence-corrected chi connectivity index (χ4v) is 3.50. The van der Waals surface area contributed by atoms with Crippen molar-refractivity contribution in [1.82, 2.24) is 9.97 Å². The number of amides is 1. The number of pyridine rings is 1. The minimum atomic E-state index is -0.146. The van der Waals surface area contributed by atoms with Gasteiger partial charge in [-0.05, 0) is 36.3 Å². The molecule has 0 radical (unpaired) electrons. The molecule has 0 unspecified atom stereocenters. The SMILES string of the molecule is O=C(Nc1cccnc1)c1cc(C2=CCOCC2)c2ncsc2c1. The molecule has 2 aromatic heterocycles. The van der Waals surface area contributed by atoms with Crippen LogP contribution in [0.1, 0.15) is 22.3 Å². The first-order valence-electron chi connectivity index (χ1n) is 7.67. The zero-order chi connectivity index (χ0) is 16.4. The number of benzene rings is 1. The molecule has 1 aromatic carbocycles. The van der Waals surface area contributed by atoms with Crippen LogP contribution in [0.5, 0.6) is 0 Å². The third-order valence-electron chi connectivity index (χ3n) is 3.93. The number of thiazole rings is 1. The quantitative estimate of drug-likeness (QED) is 0.790. The van der Waals surface area contributed by atoms with E-state index >= 15 is 0 Å². The summed E-state index contributed by atoms with van der Waals surface area (Å²) in [4.78, 5) is 21.1. The Morgan fingerprint density at radius 2 is 2.29 bits per heavy atom. The van der Waals surface area contributed by atoms with Gasteiger partial charge in [-0.25, -0.2) is 4.98 Å². The van der Waals surface area contributed by atoms with Crippen LogP contribution in [0, 0.1) is 0 Å². The lowest BCUT2D eigenvalue weighted by molar-refractivity contribution is 0.102. The summed E-state index contributed by atoms with van der Waals surface area (Å²) >= 11 is 1.54. The maximum absolute atomic E-state index is 12.6. The van der Waals surface area contributed by atoms with E-state index in [1.54, 1.807) is 29.8 Å². The number of hydrogen-bond donors (Lipinski definition) is 1. The molecule has 0 atom stereocenters. The smallest absolute Gasteiger partial charge is 0.255 e. The molecule has 1 amide bonds. The van der Waals surface area contributed by atoms with Crippen LogP contribution in [0.25, 0.3) is 15.8 Å². The number of rotatable bonds is 3. The van der Waals surface area contributed by atoms with Gasteiger partial charge in [0.25, 0.3) is 5.91 Å². The van der Waals surface area contributed by atoms with Gasteiger partial charge in [-0.2, -0.15) is 0 Å². The molecule has 0 spiro atoms. The molecule has 0 saturated heterocycles. The predicted molar refractivity (Wildman–Crippen MR) is 95.2 cm³/mol. The largest absolute Gasteiger partial charge is 0.377 e. The summed E-state index contributed by atoms with van der Waals surface area (Å²) in [5.74, 6) is -0.146. The second kappa shape index (κ2) is 6.51. The number of ether oxygens (including phenoxy) is 1. The van der Waals surface area contributed by atoms with Crippen LogP contribution in [0.15, 0.2) is 48.2 Å². The fourth-order valence-electron chi connectivity index (χ4n) is 2.75. The molecule has 0 aliphatic carbocycles. The van der Waals surface area contributed by atoms with Crippen LogP contribution in [0.4, 0.5) is 5.69 Å². The average Bonchev–Trinajstić information content (AvgIpc) is 3.11. The van der Waals surface area contributed by atoms with E-state index in [-0.39, 0.29) is 5.91 Å². The van der Waals surface area contributed by atoms with Crippen LogP contribution < -0.4 is 5.32 Å². The number of carbonyl (C=O) groups excluding carboxylic acids is 1. The Bertz CT molecular complexity index is 918. The van der Waals surface area contributed by atoms with E-state index in [4.69, 9.17) is 4.74 Å². The Morgan fingerprint density at radius 1 is 1.33 bits per heavy atom. The number of fused-ring (bicyclic) bond motifs is 1. The van der Waals surface area contributed by atoms with Crippen molar-refractivity contribution in [3.05, 3.63) is 59.4 Å². The molecule has 0 bridgehead atoms. The van der Waals surface area contributed by atoms with Gasteiger partial charge in [0.1, 0.15) is 0 Å². The highest BCUT2D eigenvalue weighted by Crippen LogP contribution is 2.31. The van der Waals surface area contributed by atoms with Crippen molar-refractivity contribution in [3.63, 3.8) is 0 Å². The lowest BCUT2D eigenvalue weighted by Gasteiger charge is -2.15. The second-order valence-corrected chi connectivity index (χ2v) is 6.36. The van der Waals surface area contributed by atoms with Crippen molar-refractivity contribution in [3.8, 4) is 0 Å². The summed E-state index contributed by atoms with van der Waals surface area (Å²) in [5, 5.41) is 2.88. The van der Waals surface area contributed by atoms with Crippen molar-refractivity contribution in [1.29, 1.82) is 0 Å². The molecule has 0 saturated carbocycles. The van der Waals surface area contributed by atoms with Gasteiger partial charge in [-0.3, -0.25) is 9.78 Å². The molecule has 5 nitrogen and oxygen atoms in total. The number of nitrogens with zero attached hydrogens (tertiary/aromatic N) is 2. The van der Waals surface area contributed by atoms with Crippen LogP contribution in [0.3, 0.4) is 0 Å². The normalized spacial score (nSPS) is 14.4. The first-order chi connectivity index (χ1) is 11.8. The van der Waals surface area contributed by atoms with E-state index in [1.807, 2.05) is 23.7 Å². The van der Waals surface area contributed by atoms with E-state index in [0.717, 1.165) is 22.2 Å². The van der Waals surface area contributed by atoms with Gasteiger partial charge in [0.05, 0.1) is 40.8 Å². The molecular weight excluding hydrogens is 322 g/mol. The van der Waals surface area contributed by atoms with E-state index in [0.29, 0.717) is 24.5 Å². The summed E-state index contributed by atoms with van der Waals surface area (Å²) in [6.07, 6.45) is 6.21. The molecule has 24 heavy (non-hydrogen) atoms. The lowest BCUT2D eigenvalue weighted by atomic mass is 9.98. The summed E-state index contributed by atoms with van der Waals surface area (Å²) in [6.45, 7) is 1.30. The van der Waals surface area contributed by atoms with Gasteiger partial charge < -0.3 is 10.1 Å². The van der Waals surface area contributed by atoms with E-state index in [2.05, 4.69) is 21.4 Å². The number of carbonyl (C=O) groups is 1. The first-order valence-corrected chi connectivity index (χ1v) is 8.55. The number of aromatic nitrogens is 2. The van der Waals surface area contributed by atoms with Crippen molar-refractivity contribution >= 4 is 38.7 Å². The second-order valence-electron chi connectivity index (χ2n) is 5.47. The molecule has 0 fully saturated rings. The molecule has 4 rings (SSSR count). The summed E-state index contributed by atoms with van der Waals surface area (Å²) < 4.78 is 6.40. The van der Waals surface area contributed by atoms with Gasteiger partial charge in [0.2, 0.25) is 0 Å². The van der Waals surface area contributed by atoms with Crippen molar-refractivity contribution < 1.29 is 9.53 Å². The minimum Gasteiger partial charge on any atom is -0.377 e. The van der Waals surface area contributed by atoms with Crippen LogP contribution in [-0.2, 0) is 4.74 Å². The molecule has 1 N–H and O–H groups in total. The van der Waals surface area contributed by atoms with Crippen molar-refractivity contribution in [2.75, 3.05) is 18.5 Å². The maximum Gasteiger partial charge on any atom is 0.255 e. The first kappa shape index (κ1) is 15.0. The Balaban J connectivity index is 1.73. The molecule has 6 heteroatoms. The van der Waals surface area contributed by atoms with Gasteiger partial charge in [0.15, 0.2) is 0 Å². The Morgan fingerprint density at radius 3 is 3.08 bits per heavy atom. The molecule has 3 heterocycles. The van der Waals surface area contributed by atoms with E-state index in [9.17, 15) is 4.79 Å². The van der Waals surface area contributed by atoms with Crippen molar-refractivity contribution in [2.24, 2.45) is 0 Å². The molecular formula is C18H15N3O2S. The van der Waals surface area contributed by atoms with Crippen LogP contribution >= 0.6 is 11.3 Å². The summed E-state index contributed by atoms with van der Waals surface area (Å²) in [6, 6.07) is 7.42. The van der Waals surface area contributed by atoms with Crippen LogP contribution in [-0.4, -0.2) is 29.1 Å². The lowest BCUT2D eigenvalue weighted by Crippen LogP contribution is -2.13. The standard InChI is InChI=1S/C18H15N3O2S/c22-18(21-14-2-1-5-19-10-14)13-8-15(12-3-6-23-7-4-12)17-16(9-13)24-11-20-17/h1-3,5,8-11H,4,6-7H2,(H,21,22). The van der Waals surface area contributed by atoms with Gasteiger partial charge in [0, 0.05) is 17.3 Å². The molecule has 1 aliphatic heterocycles. The highest BCUT2D eigenvalue weighted by atomic mass is 32.1. The molecule has 3 aromatic rings. The van der Waals surface area contributed by atoms with Gasteiger partial charge in [-0.15, -0.1) is 11.3 Å². The third kappa shape index (κ3) is 2.93. The molecule has 120 valence electrons. The summed E-state index contributed by atoms with van der Waals surface area (Å²) in [7, 11) is 0. The zero-order valence-corrected chi connectivity index (χ0v) is 13.7. The fraction of sp³-hybridized carbons (Fsp3) is 0.167. The number of hydrogen-bond acceptors (Lipinski definition) is 5. The zero-order valence-electron chi connectivity index (χ0n) is 12.9. The Labute approximate surface area is 143 Å². The van der Waals surface area contributed by atoms with E-state index in [1.165, 1.54) is 5.57 Å². The Hall–Kier alpha value is -2.57. The van der Waals surface area contributed by atoms with Gasteiger partial charge in [-0.1, -0.05) is 6.08 Å².